The van der Waals surface area contributed by atoms with E-state index in [-0.39, 0.29) is 11.5 Å². The smallest absolute Gasteiger partial charge is 0.329 e. The quantitative estimate of drug-likeness (QED) is 0.401. The molecule has 0 aromatic heterocycles. The Hall–Kier alpha value is -3.75. The molecule has 0 heterocycles. The van der Waals surface area contributed by atoms with Crippen molar-refractivity contribution in [3.8, 4) is 23.0 Å². The summed E-state index contributed by atoms with van der Waals surface area (Å²) in [6.07, 6.45) is 1.19. The van der Waals surface area contributed by atoms with Gasteiger partial charge in [-0.1, -0.05) is 6.07 Å². The molecule has 9 heteroatoms. The average Bonchev–Trinajstić information content (AvgIpc) is 2.68. The van der Waals surface area contributed by atoms with Gasteiger partial charge in [0.15, 0.2) is 23.0 Å². The number of nitrogens with one attached hydrogen (secondary N) is 2. The standard InChI is InChI=1S/C18H19N3O6/c1-25-13-8-7-12(9-15(13)27-3)20-17(23)18(24)21-19-10-11-5-4-6-14(26-2)16(11)22/h4-10,22H,1-3H3,(H,20,23)(H,21,24)/b19-10-. The van der Waals surface area contributed by atoms with Gasteiger partial charge < -0.3 is 24.6 Å². The number of hydrogen-bond acceptors (Lipinski definition) is 7. The fraction of sp³-hybridized carbons (Fsp3) is 0.167. The van der Waals surface area contributed by atoms with Gasteiger partial charge in [0, 0.05) is 17.3 Å². The molecule has 0 aliphatic heterocycles. The van der Waals surface area contributed by atoms with Crippen LogP contribution in [0.4, 0.5) is 5.69 Å². The summed E-state index contributed by atoms with van der Waals surface area (Å²) in [5, 5.41) is 16.0. The maximum atomic E-state index is 11.9. The molecule has 0 aliphatic carbocycles. The van der Waals surface area contributed by atoms with Crippen molar-refractivity contribution in [3.05, 3.63) is 42.0 Å². The van der Waals surface area contributed by atoms with Crippen LogP contribution in [0, 0.1) is 0 Å². The van der Waals surface area contributed by atoms with Crippen molar-refractivity contribution in [2.45, 2.75) is 0 Å². The minimum atomic E-state index is -0.983. The number of amides is 2. The van der Waals surface area contributed by atoms with Crippen LogP contribution in [0.2, 0.25) is 0 Å². The predicted molar refractivity (Wildman–Crippen MR) is 98.6 cm³/mol. The summed E-state index contributed by atoms with van der Waals surface area (Å²) in [5.41, 5.74) is 2.74. The van der Waals surface area contributed by atoms with E-state index in [1.165, 1.54) is 33.6 Å². The molecule has 142 valence electrons. The molecule has 0 spiro atoms. The van der Waals surface area contributed by atoms with Crippen molar-refractivity contribution in [2.75, 3.05) is 26.6 Å². The van der Waals surface area contributed by atoms with Crippen molar-refractivity contribution in [1.29, 1.82) is 0 Å². The second kappa shape index (κ2) is 9.09. The highest BCUT2D eigenvalue weighted by Gasteiger charge is 2.14. The highest BCUT2D eigenvalue weighted by Crippen LogP contribution is 2.30. The maximum Gasteiger partial charge on any atom is 0.329 e. The molecule has 2 aromatic carbocycles. The number of aromatic hydroxyl groups is 1. The zero-order chi connectivity index (χ0) is 19.8. The van der Waals surface area contributed by atoms with Crippen LogP contribution in [0.3, 0.4) is 0 Å². The van der Waals surface area contributed by atoms with Crippen LogP contribution in [0.1, 0.15) is 5.56 Å². The van der Waals surface area contributed by atoms with Gasteiger partial charge >= 0.3 is 11.8 Å². The Morgan fingerprint density at radius 2 is 1.67 bits per heavy atom. The number of carbonyl (C=O) groups is 2. The van der Waals surface area contributed by atoms with Crippen molar-refractivity contribution < 1.29 is 28.9 Å². The third kappa shape index (κ3) is 4.88. The highest BCUT2D eigenvalue weighted by atomic mass is 16.5. The third-order valence-corrected chi connectivity index (χ3v) is 3.47. The summed E-state index contributed by atoms with van der Waals surface area (Å²) in [5.74, 6) is -0.883. The van der Waals surface area contributed by atoms with Crippen molar-refractivity contribution in [3.63, 3.8) is 0 Å². The lowest BCUT2D eigenvalue weighted by atomic mass is 10.2. The van der Waals surface area contributed by atoms with Gasteiger partial charge in [-0.2, -0.15) is 5.10 Å². The molecule has 0 unspecified atom stereocenters. The van der Waals surface area contributed by atoms with Crippen LogP contribution in [-0.2, 0) is 9.59 Å². The third-order valence-electron chi connectivity index (χ3n) is 3.47. The second-order valence-corrected chi connectivity index (χ2v) is 5.12. The maximum absolute atomic E-state index is 11.9. The van der Waals surface area contributed by atoms with Gasteiger partial charge in [0.1, 0.15) is 0 Å². The van der Waals surface area contributed by atoms with Gasteiger partial charge in [-0.15, -0.1) is 0 Å². The number of hydrazone groups is 1. The van der Waals surface area contributed by atoms with Crippen LogP contribution in [0.15, 0.2) is 41.5 Å². The number of methoxy groups -OCH3 is 3. The van der Waals surface area contributed by atoms with Gasteiger partial charge in [0.25, 0.3) is 0 Å². The molecular formula is C18H19N3O6. The SMILES string of the molecule is COc1ccc(NC(=O)C(=O)N/N=C\c2cccc(OC)c2O)cc1OC. The first-order valence-electron chi connectivity index (χ1n) is 7.72. The molecule has 0 atom stereocenters. The second-order valence-electron chi connectivity index (χ2n) is 5.12. The Bertz CT molecular complexity index is 866. The van der Waals surface area contributed by atoms with E-state index >= 15 is 0 Å². The van der Waals surface area contributed by atoms with Gasteiger partial charge in [-0.3, -0.25) is 9.59 Å². The molecule has 2 aromatic rings. The Morgan fingerprint density at radius 3 is 2.33 bits per heavy atom. The highest BCUT2D eigenvalue weighted by molar-refractivity contribution is 6.39. The summed E-state index contributed by atoms with van der Waals surface area (Å²) in [7, 11) is 4.36. The van der Waals surface area contributed by atoms with Crippen LogP contribution in [-0.4, -0.2) is 44.5 Å². The lowest BCUT2D eigenvalue weighted by Gasteiger charge is -2.10. The molecule has 0 fully saturated rings. The lowest BCUT2D eigenvalue weighted by Crippen LogP contribution is -2.32. The number of nitrogens with zero attached hydrogens (tertiary/aromatic N) is 1. The molecular weight excluding hydrogens is 354 g/mol. The Labute approximate surface area is 155 Å². The first-order valence-corrected chi connectivity index (χ1v) is 7.72. The van der Waals surface area contributed by atoms with E-state index in [9.17, 15) is 14.7 Å². The van der Waals surface area contributed by atoms with E-state index in [1.54, 1.807) is 30.3 Å². The number of anilines is 1. The zero-order valence-electron chi connectivity index (χ0n) is 15.0. The number of carbonyl (C=O) groups excluding carboxylic acids is 2. The molecule has 2 amide bonds. The summed E-state index contributed by atoms with van der Waals surface area (Å²) in [4.78, 5) is 23.8. The largest absolute Gasteiger partial charge is 0.504 e. The van der Waals surface area contributed by atoms with E-state index in [4.69, 9.17) is 14.2 Å². The van der Waals surface area contributed by atoms with E-state index in [0.29, 0.717) is 22.7 Å². The lowest BCUT2D eigenvalue weighted by molar-refractivity contribution is -0.136. The summed E-state index contributed by atoms with van der Waals surface area (Å²) in [6.45, 7) is 0. The molecule has 0 saturated carbocycles. The number of phenols is 1. The zero-order valence-corrected chi connectivity index (χ0v) is 15.0. The van der Waals surface area contributed by atoms with Crippen LogP contribution >= 0.6 is 0 Å². The van der Waals surface area contributed by atoms with Gasteiger partial charge in [0.2, 0.25) is 0 Å². The molecule has 27 heavy (non-hydrogen) atoms. The molecule has 0 bridgehead atoms. The normalized spacial score (nSPS) is 10.3. The van der Waals surface area contributed by atoms with Gasteiger partial charge in [-0.25, -0.2) is 5.43 Å². The van der Waals surface area contributed by atoms with Crippen LogP contribution in [0.5, 0.6) is 23.0 Å². The first-order chi connectivity index (χ1) is 13.0. The van der Waals surface area contributed by atoms with E-state index in [0.717, 1.165) is 0 Å². The summed E-state index contributed by atoms with van der Waals surface area (Å²) >= 11 is 0. The summed E-state index contributed by atoms with van der Waals surface area (Å²) < 4.78 is 15.2. The molecule has 2 rings (SSSR count). The predicted octanol–water partition coefficient (Wildman–Crippen LogP) is 1.51. The van der Waals surface area contributed by atoms with Gasteiger partial charge in [0.05, 0.1) is 27.5 Å². The topological polar surface area (TPSA) is 118 Å². The molecule has 9 nitrogen and oxygen atoms in total. The number of phenolic OH excluding ortho intramolecular Hbond substituents is 1. The number of benzene rings is 2. The number of ether oxygens (including phenoxy) is 3. The van der Waals surface area contributed by atoms with Crippen molar-refractivity contribution in [2.24, 2.45) is 5.10 Å². The van der Waals surface area contributed by atoms with E-state index < -0.39 is 11.8 Å². The van der Waals surface area contributed by atoms with E-state index in [2.05, 4.69) is 15.8 Å². The monoisotopic (exact) mass is 373 g/mol. The van der Waals surface area contributed by atoms with Crippen molar-refractivity contribution in [1.82, 2.24) is 5.43 Å². The van der Waals surface area contributed by atoms with E-state index in [1.807, 2.05) is 0 Å². The van der Waals surface area contributed by atoms with Gasteiger partial charge in [-0.05, 0) is 24.3 Å². The fourth-order valence-electron chi connectivity index (χ4n) is 2.12. The first kappa shape index (κ1) is 19.6. The number of hydrogen-bond donors (Lipinski definition) is 3. The Kier molecular flexibility index (Phi) is 6.59. The average molecular weight is 373 g/mol. The molecule has 0 saturated heterocycles. The number of rotatable bonds is 6. The van der Waals surface area contributed by atoms with Crippen LogP contribution in [0.25, 0.3) is 0 Å². The Morgan fingerprint density at radius 1 is 0.963 bits per heavy atom. The molecule has 0 aliphatic rings. The minimum absolute atomic E-state index is 0.132. The molecule has 0 radical (unpaired) electrons. The minimum Gasteiger partial charge on any atom is -0.504 e. The molecule has 3 N–H and O–H groups in total. The number of para-hydroxylation sites is 1. The summed E-state index contributed by atoms with van der Waals surface area (Å²) in [6, 6.07) is 9.45. The fourth-order valence-corrected chi connectivity index (χ4v) is 2.12. The van der Waals surface area contributed by atoms with Crippen LogP contribution < -0.4 is 25.0 Å². The van der Waals surface area contributed by atoms with Crippen molar-refractivity contribution >= 4 is 23.7 Å². The Balaban J connectivity index is 1.99.